The van der Waals surface area contributed by atoms with Crippen molar-refractivity contribution in [2.24, 2.45) is 23.5 Å². The minimum Gasteiger partial charge on any atom is -0.507 e. The Hall–Kier alpha value is -3.81. The lowest BCUT2D eigenvalue weighted by atomic mass is 9.53. The Morgan fingerprint density at radius 2 is 1.71 bits per heavy atom. The Balaban J connectivity index is 1.29. The number of carbonyl (C=O) groups excluding carboxylic acids is 3. The van der Waals surface area contributed by atoms with E-state index in [-0.39, 0.29) is 23.8 Å². The number of rotatable bonds is 6. The number of Topliss-reactive ketones (excluding diaryl/α,β-unsaturated/α-hetero) is 2. The number of primary amides is 1. The van der Waals surface area contributed by atoms with Crippen molar-refractivity contribution in [1.82, 2.24) is 9.80 Å². The molecule has 12 heteroatoms. The van der Waals surface area contributed by atoms with Gasteiger partial charge in [0.25, 0.3) is 0 Å². The number of phenols is 1. The first-order chi connectivity index (χ1) is 21.4. The van der Waals surface area contributed by atoms with Gasteiger partial charge in [0.05, 0.1) is 23.5 Å². The zero-order chi connectivity index (χ0) is 32.4. The summed E-state index contributed by atoms with van der Waals surface area (Å²) in [5.74, 6) is -9.12. The summed E-state index contributed by atoms with van der Waals surface area (Å²) in [6, 6.07) is 12.5. The number of hydrogen-bond donors (Lipinski definition) is 7. The van der Waals surface area contributed by atoms with E-state index in [4.69, 9.17) is 5.73 Å². The number of anilines is 1. The standard InChI is InChI=1S/C33H40N4O8/c1-36(2)25-24-26(38)19-14-17-8-9-20(35-18-10-12-37(13-11-18)15-16-6-4-3-5-7-16)27(39)21(17)28(40)22(19)30(42)33(24,45)31(43)23(29(25)41)32(34)44/h3-9,18-19,23-26,29,35,38-41,45H,10-15H2,1-2H3,(H2,34,44)/t19-,23?,24-,25+,26+,29?,33+/m0/s1. The minimum atomic E-state index is -2.94. The van der Waals surface area contributed by atoms with Crippen molar-refractivity contribution >= 4 is 28.9 Å². The van der Waals surface area contributed by atoms with E-state index < -0.39 is 70.4 Å². The van der Waals surface area contributed by atoms with Crippen molar-refractivity contribution in [3.63, 3.8) is 0 Å². The maximum Gasteiger partial charge on any atom is 0.230 e. The fourth-order valence-electron chi connectivity index (χ4n) is 8.00. The van der Waals surface area contributed by atoms with E-state index in [9.17, 15) is 39.9 Å². The van der Waals surface area contributed by atoms with Gasteiger partial charge in [-0.25, -0.2) is 0 Å². The SMILES string of the molecule is CN(C)[C@H]1C(O)C(C(N)=O)C(=O)[C@]2(O)C(=O)C3=C(O)c4c(ccc(NC5CCN(Cc6ccccc6)CC5)c4O)C[C@@H]3[C@@H](O)[C@H]12. The van der Waals surface area contributed by atoms with Crippen molar-refractivity contribution in [3.05, 3.63) is 64.7 Å². The summed E-state index contributed by atoms with van der Waals surface area (Å²) in [6.45, 7) is 2.55. The second kappa shape index (κ2) is 11.5. The van der Waals surface area contributed by atoms with Crippen LogP contribution in [-0.4, -0.2) is 110 Å². The molecule has 8 N–H and O–H groups in total. The van der Waals surface area contributed by atoms with E-state index in [0.29, 0.717) is 11.3 Å². The zero-order valence-electron chi connectivity index (χ0n) is 25.3. The third kappa shape index (κ3) is 4.92. The van der Waals surface area contributed by atoms with Gasteiger partial charge in [0.15, 0.2) is 11.4 Å². The second-order valence-electron chi connectivity index (χ2n) is 13.1. The van der Waals surface area contributed by atoms with Gasteiger partial charge in [0.1, 0.15) is 17.4 Å². The fraction of sp³-hybridized carbons (Fsp3) is 0.485. The van der Waals surface area contributed by atoms with Gasteiger partial charge in [-0.3, -0.25) is 19.3 Å². The van der Waals surface area contributed by atoms with Gasteiger partial charge in [-0.15, -0.1) is 0 Å². The van der Waals surface area contributed by atoms with Crippen LogP contribution in [0.2, 0.25) is 0 Å². The molecule has 7 atom stereocenters. The summed E-state index contributed by atoms with van der Waals surface area (Å²) in [5.41, 5.74) is 4.13. The maximum absolute atomic E-state index is 14.1. The van der Waals surface area contributed by atoms with Crippen LogP contribution in [-0.2, 0) is 27.3 Å². The Morgan fingerprint density at radius 3 is 2.33 bits per heavy atom. The molecule has 2 saturated carbocycles. The Bertz CT molecular complexity index is 1550. The fourth-order valence-corrected chi connectivity index (χ4v) is 8.00. The highest BCUT2D eigenvalue weighted by Gasteiger charge is 2.70. The molecule has 3 fully saturated rings. The number of amides is 1. The van der Waals surface area contributed by atoms with Crippen molar-refractivity contribution in [1.29, 1.82) is 0 Å². The second-order valence-corrected chi connectivity index (χ2v) is 13.1. The van der Waals surface area contributed by atoms with Crippen LogP contribution in [0.15, 0.2) is 48.0 Å². The zero-order valence-corrected chi connectivity index (χ0v) is 25.3. The van der Waals surface area contributed by atoms with Crippen LogP contribution in [0, 0.1) is 17.8 Å². The number of nitrogens with one attached hydrogen (secondary N) is 1. The lowest BCUT2D eigenvalue weighted by Gasteiger charge is -2.55. The number of ketones is 2. The Labute approximate surface area is 260 Å². The van der Waals surface area contributed by atoms with Gasteiger partial charge in [0, 0.05) is 49.1 Å². The first-order valence-corrected chi connectivity index (χ1v) is 15.3. The molecule has 45 heavy (non-hydrogen) atoms. The minimum absolute atomic E-state index is 0.0175. The van der Waals surface area contributed by atoms with Gasteiger partial charge in [-0.1, -0.05) is 36.4 Å². The predicted octanol–water partition coefficient (Wildman–Crippen LogP) is 0.176. The third-order valence-electron chi connectivity index (χ3n) is 10.2. The first-order valence-electron chi connectivity index (χ1n) is 15.3. The Morgan fingerprint density at radius 1 is 1.04 bits per heavy atom. The van der Waals surface area contributed by atoms with Crippen molar-refractivity contribution in [3.8, 4) is 5.75 Å². The number of hydrogen-bond acceptors (Lipinski definition) is 11. The highest BCUT2D eigenvalue weighted by Crippen LogP contribution is 2.53. The molecule has 0 radical (unpaired) electrons. The van der Waals surface area contributed by atoms with Crippen LogP contribution in [0.25, 0.3) is 5.76 Å². The third-order valence-corrected chi connectivity index (χ3v) is 10.2. The average Bonchev–Trinajstić information content (AvgIpc) is 3.00. The van der Waals surface area contributed by atoms with Crippen molar-refractivity contribution in [2.75, 3.05) is 32.5 Å². The highest BCUT2D eigenvalue weighted by molar-refractivity contribution is 6.25. The molecule has 6 rings (SSSR count). The average molecular weight is 621 g/mol. The number of aromatic hydroxyl groups is 1. The van der Waals surface area contributed by atoms with Crippen LogP contribution >= 0.6 is 0 Å². The number of likely N-dealkylation sites (N-methyl/N-ethyl adjacent to an activating group) is 1. The lowest BCUT2D eigenvalue weighted by molar-refractivity contribution is -0.198. The normalized spacial score (nSPS) is 32.2. The molecule has 0 aromatic heterocycles. The molecule has 3 aliphatic carbocycles. The topological polar surface area (TPSA) is 197 Å². The van der Waals surface area contributed by atoms with Crippen molar-refractivity contribution < 1.29 is 39.9 Å². The van der Waals surface area contributed by atoms with Gasteiger partial charge < -0.3 is 41.5 Å². The molecule has 12 nitrogen and oxygen atoms in total. The van der Waals surface area contributed by atoms with Gasteiger partial charge in [-0.2, -0.15) is 0 Å². The lowest BCUT2D eigenvalue weighted by Crippen LogP contribution is -2.76. The number of nitrogens with zero attached hydrogens (tertiary/aromatic N) is 2. The molecule has 2 aromatic carbocycles. The van der Waals surface area contributed by atoms with Crippen LogP contribution in [0.3, 0.4) is 0 Å². The van der Waals surface area contributed by atoms with Crippen LogP contribution in [0.4, 0.5) is 5.69 Å². The number of phenolic OH excluding ortho intramolecular Hbond substituents is 1. The predicted molar refractivity (Wildman–Crippen MR) is 164 cm³/mol. The van der Waals surface area contributed by atoms with Crippen LogP contribution < -0.4 is 11.1 Å². The summed E-state index contributed by atoms with van der Waals surface area (Å²) >= 11 is 0. The van der Waals surface area contributed by atoms with E-state index in [2.05, 4.69) is 22.3 Å². The molecule has 2 unspecified atom stereocenters. The van der Waals surface area contributed by atoms with E-state index in [1.54, 1.807) is 12.1 Å². The van der Waals surface area contributed by atoms with E-state index >= 15 is 0 Å². The summed E-state index contributed by atoms with van der Waals surface area (Å²) in [5, 5.41) is 60.6. The van der Waals surface area contributed by atoms with E-state index in [1.165, 1.54) is 24.6 Å². The number of fused-ring (bicyclic) bond motifs is 3. The molecule has 1 amide bonds. The number of aliphatic hydroxyl groups excluding tert-OH is 3. The molecule has 4 aliphatic rings. The van der Waals surface area contributed by atoms with Gasteiger partial charge in [-0.05, 0) is 50.6 Å². The highest BCUT2D eigenvalue weighted by atomic mass is 16.3. The first kappa shape index (κ1) is 31.2. The molecule has 0 spiro atoms. The number of likely N-dealkylation sites (tertiary alicyclic amines) is 1. The van der Waals surface area contributed by atoms with E-state index in [1.807, 2.05) is 18.2 Å². The monoisotopic (exact) mass is 620 g/mol. The summed E-state index contributed by atoms with van der Waals surface area (Å²) in [4.78, 5) is 43.6. The molecule has 0 bridgehead atoms. The largest absolute Gasteiger partial charge is 0.507 e. The molecule has 1 saturated heterocycles. The summed E-state index contributed by atoms with van der Waals surface area (Å²) in [7, 11) is 3.05. The smallest absolute Gasteiger partial charge is 0.230 e. The number of nitrogens with two attached hydrogens (primary N) is 1. The van der Waals surface area contributed by atoms with Crippen LogP contribution in [0.1, 0.15) is 29.5 Å². The van der Waals surface area contributed by atoms with Crippen molar-refractivity contribution in [2.45, 2.75) is 55.7 Å². The number of aliphatic hydroxyl groups is 4. The summed E-state index contributed by atoms with van der Waals surface area (Å²) in [6.07, 6.45) is -1.60. The number of piperidine rings is 1. The van der Waals surface area contributed by atoms with Gasteiger partial charge >= 0.3 is 0 Å². The summed E-state index contributed by atoms with van der Waals surface area (Å²) < 4.78 is 0. The quantitative estimate of drug-likeness (QED) is 0.172. The van der Waals surface area contributed by atoms with Gasteiger partial charge in [0.2, 0.25) is 11.7 Å². The molecule has 240 valence electrons. The number of carbonyl (C=O) groups is 3. The number of benzene rings is 2. The molecule has 2 aromatic rings. The molecule has 1 aliphatic heterocycles. The maximum atomic E-state index is 14.1. The molecular weight excluding hydrogens is 580 g/mol. The van der Waals surface area contributed by atoms with Crippen LogP contribution in [0.5, 0.6) is 5.75 Å². The molecular formula is C33H40N4O8. The Kier molecular flexibility index (Phi) is 7.99. The van der Waals surface area contributed by atoms with E-state index in [0.717, 1.165) is 32.5 Å². The molecule has 1 heterocycles.